The zero-order valence-electron chi connectivity index (χ0n) is 11.4. The number of rotatable bonds is 4. The number of hydrogen-bond acceptors (Lipinski definition) is 2. The summed E-state index contributed by atoms with van der Waals surface area (Å²) in [7, 11) is 0. The molecule has 1 fully saturated rings. The first-order valence-corrected chi connectivity index (χ1v) is 7.43. The summed E-state index contributed by atoms with van der Waals surface area (Å²) >= 11 is 0. The summed E-state index contributed by atoms with van der Waals surface area (Å²) in [6.45, 7) is 5.71. The molecule has 98 valence electrons. The van der Waals surface area contributed by atoms with Crippen LogP contribution in [0.5, 0.6) is 0 Å². The first-order chi connectivity index (χ1) is 8.86. The molecule has 0 amide bonds. The van der Waals surface area contributed by atoms with Crippen molar-refractivity contribution < 1.29 is 0 Å². The van der Waals surface area contributed by atoms with Crippen molar-refractivity contribution in [3.63, 3.8) is 0 Å². The van der Waals surface area contributed by atoms with E-state index in [9.17, 15) is 0 Å². The Morgan fingerprint density at radius 3 is 2.89 bits per heavy atom. The monoisotopic (exact) mass is 244 g/mol. The third-order valence-corrected chi connectivity index (χ3v) is 4.35. The molecular weight excluding hydrogens is 220 g/mol. The number of hydrogen-bond donors (Lipinski definition) is 1. The lowest BCUT2D eigenvalue weighted by molar-refractivity contribution is 0.498. The van der Waals surface area contributed by atoms with E-state index in [4.69, 9.17) is 0 Å². The molecule has 2 aliphatic rings. The summed E-state index contributed by atoms with van der Waals surface area (Å²) in [5.74, 6) is 1.02. The fourth-order valence-corrected chi connectivity index (χ4v) is 2.88. The second-order valence-corrected chi connectivity index (χ2v) is 5.79. The Kier molecular flexibility index (Phi) is 3.55. The summed E-state index contributed by atoms with van der Waals surface area (Å²) < 4.78 is 0. The quantitative estimate of drug-likeness (QED) is 0.875. The highest BCUT2D eigenvalue weighted by atomic mass is 15.2. The Bertz CT molecular complexity index is 398. The van der Waals surface area contributed by atoms with Gasteiger partial charge in [-0.2, -0.15) is 0 Å². The minimum atomic E-state index is 0.636. The molecule has 0 saturated heterocycles. The van der Waals surface area contributed by atoms with Crippen LogP contribution >= 0.6 is 0 Å². The standard InChI is InChI=1S/C16H24N2/c1-2-15-12-18(10-9-13-7-8-13)16-6-4-3-5-14(16)11-17-15/h3-6,13,15,17H,2,7-12H2,1H3. The molecule has 1 aliphatic heterocycles. The molecule has 0 spiro atoms. The summed E-state index contributed by atoms with van der Waals surface area (Å²) in [5, 5.41) is 3.68. The Hall–Kier alpha value is -1.02. The summed E-state index contributed by atoms with van der Waals surface area (Å²) in [5.41, 5.74) is 2.92. The van der Waals surface area contributed by atoms with Gasteiger partial charge in [-0.15, -0.1) is 0 Å². The van der Waals surface area contributed by atoms with E-state index in [0.29, 0.717) is 6.04 Å². The lowest BCUT2D eigenvalue weighted by Crippen LogP contribution is -2.38. The maximum absolute atomic E-state index is 3.68. The predicted molar refractivity (Wildman–Crippen MR) is 76.9 cm³/mol. The van der Waals surface area contributed by atoms with Crippen LogP contribution in [0, 0.1) is 5.92 Å². The zero-order chi connectivity index (χ0) is 12.4. The first kappa shape index (κ1) is 12.0. The van der Waals surface area contributed by atoms with Crippen molar-refractivity contribution in [1.82, 2.24) is 5.32 Å². The molecule has 2 nitrogen and oxygen atoms in total. The molecule has 1 atom stereocenters. The number of anilines is 1. The van der Waals surface area contributed by atoms with Gasteiger partial charge in [0, 0.05) is 31.4 Å². The molecule has 2 heteroatoms. The van der Waals surface area contributed by atoms with Gasteiger partial charge in [0.25, 0.3) is 0 Å². The minimum Gasteiger partial charge on any atom is -0.370 e. The van der Waals surface area contributed by atoms with Gasteiger partial charge < -0.3 is 10.2 Å². The van der Waals surface area contributed by atoms with Crippen LogP contribution in [0.15, 0.2) is 24.3 Å². The van der Waals surface area contributed by atoms with Gasteiger partial charge in [0.15, 0.2) is 0 Å². The maximum Gasteiger partial charge on any atom is 0.0412 e. The summed E-state index contributed by atoms with van der Waals surface area (Å²) in [6.07, 6.45) is 5.52. The zero-order valence-corrected chi connectivity index (χ0v) is 11.4. The van der Waals surface area contributed by atoms with Crippen LogP contribution in [-0.2, 0) is 6.54 Å². The van der Waals surface area contributed by atoms with Gasteiger partial charge >= 0.3 is 0 Å². The Balaban J connectivity index is 1.77. The molecule has 3 rings (SSSR count). The van der Waals surface area contributed by atoms with Crippen molar-refractivity contribution in [3.8, 4) is 0 Å². The molecule has 1 aromatic carbocycles. The van der Waals surface area contributed by atoms with Crippen LogP contribution < -0.4 is 10.2 Å². The van der Waals surface area contributed by atoms with Crippen molar-refractivity contribution >= 4 is 5.69 Å². The van der Waals surface area contributed by atoms with Crippen molar-refractivity contribution in [3.05, 3.63) is 29.8 Å². The van der Waals surface area contributed by atoms with Gasteiger partial charge in [0.05, 0.1) is 0 Å². The van der Waals surface area contributed by atoms with Crippen molar-refractivity contribution in [2.24, 2.45) is 5.92 Å². The van der Waals surface area contributed by atoms with Crippen molar-refractivity contribution in [2.75, 3.05) is 18.0 Å². The number of para-hydroxylation sites is 1. The van der Waals surface area contributed by atoms with Crippen molar-refractivity contribution in [2.45, 2.75) is 45.2 Å². The molecule has 1 aliphatic carbocycles. The smallest absolute Gasteiger partial charge is 0.0412 e. The fourth-order valence-electron chi connectivity index (χ4n) is 2.88. The topological polar surface area (TPSA) is 15.3 Å². The largest absolute Gasteiger partial charge is 0.370 e. The van der Waals surface area contributed by atoms with Crippen LogP contribution in [0.25, 0.3) is 0 Å². The molecular formula is C16H24N2. The van der Waals surface area contributed by atoms with Crippen LogP contribution in [-0.4, -0.2) is 19.1 Å². The highest BCUT2D eigenvalue weighted by molar-refractivity contribution is 5.54. The van der Waals surface area contributed by atoms with E-state index in [1.54, 1.807) is 0 Å². The minimum absolute atomic E-state index is 0.636. The molecule has 0 radical (unpaired) electrons. The first-order valence-electron chi connectivity index (χ1n) is 7.43. The average Bonchev–Trinajstić information content (AvgIpc) is 3.23. The highest BCUT2D eigenvalue weighted by Crippen LogP contribution is 2.33. The fraction of sp³-hybridized carbons (Fsp3) is 0.625. The summed E-state index contributed by atoms with van der Waals surface area (Å²) in [4.78, 5) is 2.61. The molecule has 0 bridgehead atoms. The van der Waals surface area contributed by atoms with Crippen LogP contribution in [0.2, 0.25) is 0 Å². The second-order valence-electron chi connectivity index (χ2n) is 5.79. The highest BCUT2D eigenvalue weighted by Gasteiger charge is 2.24. The molecule has 1 heterocycles. The maximum atomic E-state index is 3.68. The van der Waals surface area contributed by atoms with Gasteiger partial charge in [-0.25, -0.2) is 0 Å². The number of nitrogens with zero attached hydrogens (tertiary/aromatic N) is 1. The Morgan fingerprint density at radius 1 is 1.28 bits per heavy atom. The molecule has 1 N–H and O–H groups in total. The van der Waals surface area contributed by atoms with Gasteiger partial charge in [-0.1, -0.05) is 38.0 Å². The van der Waals surface area contributed by atoms with Gasteiger partial charge in [-0.3, -0.25) is 0 Å². The second kappa shape index (κ2) is 5.31. The predicted octanol–water partition coefficient (Wildman–Crippen LogP) is 3.17. The van der Waals surface area contributed by atoms with Crippen molar-refractivity contribution in [1.29, 1.82) is 0 Å². The third kappa shape index (κ3) is 2.69. The molecule has 0 aromatic heterocycles. The normalized spacial score (nSPS) is 23.6. The van der Waals surface area contributed by atoms with E-state index < -0.39 is 0 Å². The van der Waals surface area contributed by atoms with E-state index in [1.807, 2.05) is 0 Å². The Labute approximate surface area is 110 Å². The summed E-state index contributed by atoms with van der Waals surface area (Å²) in [6, 6.07) is 9.53. The van der Waals surface area contributed by atoms with Crippen LogP contribution in [0.3, 0.4) is 0 Å². The van der Waals surface area contributed by atoms with E-state index >= 15 is 0 Å². The average molecular weight is 244 g/mol. The van der Waals surface area contributed by atoms with E-state index in [2.05, 4.69) is 41.4 Å². The SMILES string of the molecule is CCC1CN(CCC2CC2)c2ccccc2CN1. The van der Waals surface area contributed by atoms with Gasteiger partial charge in [-0.05, 0) is 30.4 Å². The third-order valence-electron chi connectivity index (χ3n) is 4.35. The molecule has 1 saturated carbocycles. The van der Waals surface area contributed by atoms with Crippen LogP contribution in [0.1, 0.15) is 38.2 Å². The van der Waals surface area contributed by atoms with Gasteiger partial charge in [0.1, 0.15) is 0 Å². The van der Waals surface area contributed by atoms with Crippen LogP contribution in [0.4, 0.5) is 5.69 Å². The van der Waals surface area contributed by atoms with E-state index in [-0.39, 0.29) is 0 Å². The van der Waals surface area contributed by atoms with Gasteiger partial charge in [0.2, 0.25) is 0 Å². The molecule has 1 aromatic rings. The van der Waals surface area contributed by atoms with E-state index in [0.717, 1.165) is 12.5 Å². The molecule has 18 heavy (non-hydrogen) atoms. The lowest BCUT2D eigenvalue weighted by atomic mass is 10.1. The van der Waals surface area contributed by atoms with E-state index in [1.165, 1.54) is 50.0 Å². The number of benzene rings is 1. The number of nitrogens with one attached hydrogen (secondary N) is 1. The lowest BCUT2D eigenvalue weighted by Gasteiger charge is -2.27. The Morgan fingerprint density at radius 2 is 2.11 bits per heavy atom. The number of fused-ring (bicyclic) bond motifs is 1. The molecule has 1 unspecified atom stereocenters.